The molecule has 0 aliphatic rings. The van der Waals surface area contributed by atoms with Crippen molar-refractivity contribution >= 4 is 0 Å². The predicted octanol–water partition coefficient (Wildman–Crippen LogP) is 1.93. The summed E-state index contributed by atoms with van der Waals surface area (Å²) in [6.45, 7) is 4.96. The summed E-state index contributed by atoms with van der Waals surface area (Å²) in [7, 11) is 6.14. The molecule has 86 valence electrons. The van der Waals surface area contributed by atoms with Crippen molar-refractivity contribution in [2.75, 3.05) is 27.7 Å². The van der Waals surface area contributed by atoms with Crippen LogP contribution in [0.5, 0.6) is 0 Å². The fraction of sp³-hybridized carbons (Fsp3) is 0.583. The summed E-state index contributed by atoms with van der Waals surface area (Å²) in [5, 5.41) is 3.19. The summed E-state index contributed by atoms with van der Waals surface area (Å²) >= 11 is 0. The first-order valence-electron chi connectivity index (χ1n) is 5.46. The molecule has 0 bridgehead atoms. The molecule has 0 spiro atoms. The van der Waals surface area contributed by atoms with Crippen LogP contribution in [0.2, 0.25) is 0 Å². The van der Waals surface area contributed by atoms with Crippen molar-refractivity contribution in [1.29, 1.82) is 0 Å². The minimum atomic E-state index is 0.424. The topological polar surface area (TPSA) is 28.2 Å². The molecule has 0 aromatic carbocycles. The lowest BCUT2D eigenvalue weighted by Crippen LogP contribution is -2.29. The standard InChI is InChI=1S/C10H17N3.C2H6/c1-11-8-10(13(2)3)9-4-6-12-7-5-9;1-2/h4-7,10-11H,8H2,1-3H3;1-2H3. The summed E-state index contributed by atoms with van der Waals surface area (Å²) < 4.78 is 0. The van der Waals surface area contributed by atoms with Crippen molar-refractivity contribution in [3.05, 3.63) is 30.1 Å². The van der Waals surface area contributed by atoms with Gasteiger partial charge in [0.05, 0.1) is 0 Å². The van der Waals surface area contributed by atoms with E-state index in [2.05, 4.69) is 41.4 Å². The largest absolute Gasteiger partial charge is 0.318 e. The molecule has 0 aliphatic carbocycles. The van der Waals surface area contributed by atoms with Crippen molar-refractivity contribution in [2.45, 2.75) is 19.9 Å². The number of nitrogens with one attached hydrogen (secondary N) is 1. The molecule has 0 radical (unpaired) electrons. The fourth-order valence-corrected chi connectivity index (χ4v) is 1.38. The number of hydrogen-bond donors (Lipinski definition) is 1. The van der Waals surface area contributed by atoms with Gasteiger partial charge in [0.25, 0.3) is 0 Å². The summed E-state index contributed by atoms with van der Waals surface area (Å²) in [5.41, 5.74) is 1.30. The Hall–Kier alpha value is -0.930. The van der Waals surface area contributed by atoms with E-state index in [-0.39, 0.29) is 0 Å². The maximum absolute atomic E-state index is 4.01. The Kier molecular flexibility index (Phi) is 7.86. The van der Waals surface area contributed by atoms with Crippen molar-refractivity contribution in [3.63, 3.8) is 0 Å². The Morgan fingerprint density at radius 2 is 1.80 bits per heavy atom. The van der Waals surface area contributed by atoms with Crippen LogP contribution in [-0.2, 0) is 0 Å². The zero-order valence-electron chi connectivity index (χ0n) is 10.5. The molecule has 1 atom stereocenters. The maximum atomic E-state index is 4.01. The highest BCUT2D eigenvalue weighted by atomic mass is 15.1. The number of pyridine rings is 1. The number of nitrogens with zero attached hydrogens (tertiary/aromatic N) is 2. The fourth-order valence-electron chi connectivity index (χ4n) is 1.38. The first-order valence-corrected chi connectivity index (χ1v) is 5.46. The van der Waals surface area contributed by atoms with Gasteiger partial charge in [-0.25, -0.2) is 0 Å². The molecular formula is C12H23N3. The number of aromatic nitrogens is 1. The highest BCUT2D eigenvalue weighted by Crippen LogP contribution is 2.15. The minimum Gasteiger partial charge on any atom is -0.318 e. The first kappa shape index (κ1) is 14.1. The third-order valence-electron chi connectivity index (χ3n) is 2.11. The van der Waals surface area contributed by atoms with E-state index in [4.69, 9.17) is 0 Å². The Bertz CT molecular complexity index is 234. The summed E-state index contributed by atoms with van der Waals surface area (Å²) in [4.78, 5) is 6.21. The Morgan fingerprint density at radius 3 is 2.20 bits per heavy atom. The van der Waals surface area contributed by atoms with Gasteiger partial charge in [0.15, 0.2) is 0 Å². The van der Waals surface area contributed by atoms with Crippen LogP contribution in [0, 0.1) is 0 Å². The van der Waals surface area contributed by atoms with Crippen molar-refractivity contribution in [3.8, 4) is 0 Å². The average molecular weight is 209 g/mol. The lowest BCUT2D eigenvalue weighted by molar-refractivity contribution is 0.293. The molecule has 0 aliphatic heterocycles. The molecule has 3 heteroatoms. The highest BCUT2D eigenvalue weighted by Gasteiger charge is 2.11. The van der Waals surface area contributed by atoms with Crippen LogP contribution in [0.15, 0.2) is 24.5 Å². The molecule has 0 saturated carbocycles. The molecule has 3 nitrogen and oxygen atoms in total. The van der Waals surface area contributed by atoms with Gasteiger partial charge in [-0.2, -0.15) is 0 Å². The third-order valence-corrected chi connectivity index (χ3v) is 2.11. The lowest BCUT2D eigenvalue weighted by Gasteiger charge is -2.24. The quantitative estimate of drug-likeness (QED) is 0.821. The van der Waals surface area contributed by atoms with E-state index < -0.39 is 0 Å². The summed E-state index contributed by atoms with van der Waals surface area (Å²) in [6, 6.07) is 4.54. The van der Waals surface area contributed by atoms with Gasteiger partial charge in [0, 0.05) is 25.0 Å². The third kappa shape index (κ3) is 4.91. The minimum absolute atomic E-state index is 0.424. The summed E-state index contributed by atoms with van der Waals surface area (Å²) in [6.07, 6.45) is 3.67. The molecule has 0 amide bonds. The maximum Gasteiger partial charge on any atom is 0.0467 e. The predicted molar refractivity (Wildman–Crippen MR) is 65.9 cm³/mol. The molecule has 1 aromatic heterocycles. The van der Waals surface area contributed by atoms with Gasteiger partial charge in [-0.1, -0.05) is 13.8 Å². The van der Waals surface area contributed by atoms with Gasteiger partial charge in [-0.3, -0.25) is 4.98 Å². The Labute approximate surface area is 93.5 Å². The molecule has 0 fully saturated rings. The van der Waals surface area contributed by atoms with Gasteiger partial charge in [0.1, 0.15) is 0 Å². The van der Waals surface area contributed by atoms with E-state index >= 15 is 0 Å². The second kappa shape index (κ2) is 8.38. The van der Waals surface area contributed by atoms with E-state index in [1.807, 2.05) is 33.3 Å². The molecular weight excluding hydrogens is 186 g/mol. The van der Waals surface area contributed by atoms with Crippen molar-refractivity contribution < 1.29 is 0 Å². The SMILES string of the molecule is CC.CNCC(c1ccncc1)N(C)C. The van der Waals surface area contributed by atoms with Gasteiger partial charge >= 0.3 is 0 Å². The number of hydrogen-bond acceptors (Lipinski definition) is 3. The van der Waals surface area contributed by atoms with Crippen LogP contribution < -0.4 is 5.32 Å². The van der Waals surface area contributed by atoms with E-state index in [9.17, 15) is 0 Å². The van der Waals surface area contributed by atoms with Gasteiger partial charge in [0.2, 0.25) is 0 Å². The molecule has 0 saturated heterocycles. The Balaban J connectivity index is 0.000000921. The van der Waals surface area contributed by atoms with Crippen LogP contribution in [0.1, 0.15) is 25.5 Å². The number of rotatable bonds is 4. The van der Waals surface area contributed by atoms with Gasteiger partial charge in [-0.05, 0) is 38.8 Å². The van der Waals surface area contributed by atoms with Crippen LogP contribution >= 0.6 is 0 Å². The molecule has 1 aromatic rings. The summed E-state index contributed by atoms with van der Waals surface area (Å²) in [5.74, 6) is 0. The van der Waals surface area contributed by atoms with E-state index in [0.29, 0.717) is 6.04 Å². The highest BCUT2D eigenvalue weighted by molar-refractivity contribution is 5.15. The van der Waals surface area contributed by atoms with Crippen LogP contribution in [-0.4, -0.2) is 37.6 Å². The van der Waals surface area contributed by atoms with E-state index in [0.717, 1.165) is 6.54 Å². The Morgan fingerprint density at radius 1 is 1.27 bits per heavy atom. The first-order chi connectivity index (χ1) is 7.25. The zero-order chi connectivity index (χ0) is 11.7. The van der Waals surface area contributed by atoms with Crippen LogP contribution in [0.4, 0.5) is 0 Å². The average Bonchev–Trinajstić information content (AvgIpc) is 2.29. The second-order valence-corrected chi connectivity index (χ2v) is 3.32. The van der Waals surface area contributed by atoms with Crippen molar-refractivity contribution in [2.24, 2.45) is 0 Å². The number of likely N-dealkylation sites (N-methyl/N-ethyl adjacent to an activating group) is 2. The molecule has 1 heterocycles. The van der Waals surface area contributed by atoms with E-state index in [1.54, 1.807) is 0 Å². The zero-order valence-corrected chi connectivity index (χ0v) is 10.5. The lowest BCUT2D eigenvalue weighted by atomic mass is 10.1. The molecule has 1 N–H and O–H groups in total. The second-order valence-electron chi connectivity index (χ2n) is 3.32. The molecule has 15 heavy (non-hydrogen) atoms. The smallest absolute Gasteiger partial charge is 0.0467 e. The van der Waals surface area contributed by atoms with Gasteiger partial charge in [-0.15, -0.1) is 0 Å². The van der Waals surface area contributed by atoms with Crippen LogP contribution in [0.25, 0.3) is 0 Å². The normalized spacial score (nSPS) is 11.9. The van der Waals surface area contributed by atoms with E-state index in [1.165, 1.54) is 5.56 Å². The van der Waals surface area contributed by atoms with Crippen LogP contribution in [0.3, 0.4) is 0 Å². The van der Waals surface area contributed by atoms with Gasteiger partial charge < -0.3 is 10.2 Å². The van der Waals surface area contributed by atoms with Crippen molar-refractivity contribution in [1.82, 2.24) is 15.2 Å². The molecule has 1 unspecified atom stereocenters. The monoisotopic (exact) mass is 209 g/mol. The molecule has 1 rings (SSSR count).